The zero-order chi connectivity index (χ0) is 53.8. The summed E-state index contributed by atoms with van der Waals surface area (Å²) in [4.78, 5) is 4.83. The first-order valence-electron chi connectivity index (χ1n) is 28.1. The van der Waals surface area contributed by atoms with Gasteiger partial charge in [0.25, 0.3) is 0 Å². The second kappa shape index (κ2) is 18.3. The van der Waals surface area contributed by atoms with E-state index in [9.17, 15) is 0 Å². The Morgan fingerprint density at radius 3 is 1.02 bits per heavy atom. The number of para-hydroxylation sites is 4. The topological polar surface area (TPSA) is 32.8 Å². The van der Waals surface area contributed by atoms with Gasteiger partial charge in [0.2, 0.25) is 0 Å². The average Bonchev–Trinajstić information content (AvgIpc) is 4.16. The SMILES string of the molecule is c1ccc2cc(-c3c4ccc(N(c5cccc6ccccc56)c5cccc6c5oc5ccccc56)cc4c(-c4ccc5ccccc5c4)c4ccc(N(c5cccc6ccccc56)c5cccc6c5oc5ccccc56)cc34)ccc2c1. The van der Waals surface area contributed by atoms with E-state index in [1.54, 1.807) is 0 Å². The van der Waals surface area contributed by atoms with Crippen LogP contribution in [-0.4, -0.2) is 0 Å². The van der Waals surface area contributed by atoms with Gasteiger partial charge in [0.1, 0.15) is 11.2 Å². The molecule has 382 valence electrons. The van der Waals surface area contributed by atoms with E-state index in [1.807, 2.05) is 12.1 Å². The fourth-order valence-corrected chi connectivity index (χ4v) is 13.2. The highest BCUT2D eigenvalue weighted by Gasteiger charge is 2.27. The number of hydrogen-bond donors (Lipinski definition) is 0. The Kier molecular flexibility index (Phi) is 10.3. The molecule has 0 radical (unpaired) electrons. The molecule has 0 N–H and O–H groups in total. The summed E-state index contributed by atoms with van der Waals surface area (Å²) in [6.45, 7) is 0. The monoisotopic (exact) mass is 1040 g/mol. The van der Waals surface area contributed by atoms with Crippen molar-refractivity contribution in [1.82, 2.24) is 0 Å². The molecule has 0 spiro atoms. The highest BCUT2D eigenvalue weighted by Crippen LogP contribution is 2.52. The second-order valence-electron chi connectivity index (χ2n) is 21.5. The summed E-state index contributed by atoms with van der Waals surface area (Å²) in [6, 6.07) is 106. The molecule has 4 nitrogen and oxygen atoms in total. The van der Waals surface area contributed by atoms with Crippen molar-refractivity contribution in [2.24, 2.45) is 0 Å². The molecule has 0 bridgehead atoms. The van der Waals surface area contributed by atoms with E-state index in [1.165, 1.54) is 21.5 Å². The summed E-state index contributed by atoms with van der Waals surface area (Å²) in [5.74, 6) is 0. The molecule has 0 aliphatic rings. The van der Waals surface area contributed by atoms with Crippen molar-refractivity contribution >= 4 is 143 Å². The van der Waals surface area contributed by atoms with Crippen LogP contribution in [-0.2, 0) is 0 Å². The second-order valence-corrected chi connectivity index (χ2v) is 21.5. The van der Waals surface area contributed by atoms with Crippen molar-refractivity contribution in [2.75, 3.05) is 9.80 Å². The lowest BCUT2D eigenvalue weighted by molar-refractivity contribution is 0.669. The molecule has 82 heavy (non-hydrogen) atoms. The van der Waals surface area contributed by atoms with Crippen molar-refractivity contribution in [2.45, 2.75) is 0 Å². The molecule has 0 atom stereocenters. The predicted molar refractivity (Wildman–Crippen MR) is 346 cm³/mol. The van der Waals surface area contributed by atoms with Crippen LogP contribution in [0.4, 0.5) is 34.1 Å². The van der Waals surface area contributed by atoms with Crippen molar-refractivity contribution in [3.63, 3.8) is 0 Å². The summed E-state index contributed by atoms with van der Waals surface area (Å²) in [7, 11) is 0. The zero-order valence-corrected chi connectivity index (χ0v) is 44.4. The maximum Gasteiger partial charge on any atom is 0.159 e. The normalized spacial score (nSPS) is 11.9. The number of hydrogen-bond acceptors (Lipinski definition) is 4. The molecular formula is C78H48N2O2. The largest absolute Gasteiger partial charge is 0.454 e. The minimum Gasteiger partial charge on any atom is -0.454 e. The first kappa shape index (κ1) is 46.0. The van der Waals surface area contributed by atoms with Gasteiger partial charge in [-0.25, -0.2) is 0 Å². The van der Waals surface area contributed by atoms with Gasteiger partial charge in [0.15, 0.2) is 11.2 Å². The van der Waals surface area contributed by atoms with Gasteiger partial charge in [-0.1, -0.05) is 218 Å². The third kappa shape index (κ3) is 7.18. The smallest absolute Gasteiger partial charge is 0.159 e. The summed E-state index contributed by atoms with van der Waals surface area (Å²) in [6.07, 6.45) is 0. The zero-order valence-electron chi connectivity index (χ0n) is 44.4. The quantitative estimate of drug-likeness (QED) is 0.142. The fourth-order valence-electron chi connectivity index (χ4n) is 13.2. The van der Waals surface area contributed by atoms with Crippen molar-refractivity contribution in [3.8, 4) is 22.3 Å². The molecule has 0 saturated heterocycles. The molecule has 0 saturated carbocycles. The summed E-state index contributed by atoms with van der Waals surface area (Å²) < 4.78 is 13.8. The molecule has 17 aromatic rings. The number of fused-ring (bicyclic) bond motifs is 12. The molecular weight excluding hydrogens is 997 g/mol. The highest BCUT2D eigenvalue weighted by molar-refractivity contribution is 6.24. The van der Waals surface area contributed by atoms with Gasteiger partial charge < -0.3 is 18.6 Å². The predicted octanol–water partition coefficient (Wildman–Crippen LogP) is 22.7. The van der Waals surface area contributed by atoms with Crippen LogP contribution in [0.2, 0.25) is 0 Å². The Morgan fingerprint density at radius 2 is 0.561 bits per heavy atom. The van der Waals surface area contributed by atoms with Gasteiger partial charge in [-0.15, -0.1) is 0 Å². The van der Waals surface area contributed by atoms with Gasteiger partial charge in [-0.2, -0.15) is 0 Å². The molecule has 0 fully saturated rings. The lowest BCUT2D eigenvalue weighted by atomic mass is 9.84. The molecule has 0 aliphatic heterocycles. The van der Waals surface area contributed by atoms with E-state index >= 15 is 0 Å². The lowest BCUT2D eigenvalue weighted by Gasteiger charge is -2.29. The Morgan fingerprint density at radius 1 is 0.207 bits per heavy atom. The van der Waals surface area contributed by atoms with E-state index in [2.05, 4.69) is 289 Å². The number of rotatable bonds is 8. The third-order valence-corrected chi connectivity index (χ3v) is 16.9. The number of benzene rings is 15. The summed E-state index contributed by atoms with van der Waals surface area (Å²) in [5.41, 5.74) is 14.1. The van der Waals surface area contributed by atoms with Gasteiger partial charge in [-0.3, -0.25) is 0 Å². The van der Waals surface area contributed by atoms with Crippen LogP contribution in [0.25, 0.3) is 131 Å². The molecule has 0 amide bonds. The summed E-state index contributed by atoms with van der Waals surface area (Å²) >= 11 is 0. The Bertz CT molecular complexity index is 5100. The summed E-state index contributed by atoms with van der Waals surface area (Å²) in [5, 5.41) is 18.3. The Hall–Kier alpha value is -10.9. The molecule has 4 heteroatoms. The van der Waals surface area contributed by atoms with E-state index in [0.717, 1.165) is 143 Å². The lowest BCUT2D eigenvalue weighted by Crippen LogP contribution is -2.11. The minimum atomic E-state index is 0.837. The standard InChI is InChI=1S/C78H48N2O2/c1-3-21-53-45-55(39-37-49(53)17-1)75-63-43-41-58(80(70-32-14-24-52-20-6-8-26-60(52)70)72-34-16-30-66-62-28-10-12-36-74(62)82-78(66)72)48-68(63)76(56-40-38-50-18-2-4-22-54(50)46-56)64-44-42-57(47-67(64)75)79(69-31-13-23-51-19-5-7-25-59(51)69)71-33-15-29-65-61-27-9-11-35-73(61)81-77(65)71/h1-48H. The van der Waals surface area contributed by atoms with E-state index in [-0.39, 0.29) is 0 Å². The van der Waals surface area contributed by atoms with Crippen molar-refractivity contribution < 1.29 is 8.83 Å². The fraction of sp³-hybridized carbons (Fsp3) is 0. The highest BCUT2D eigenvalue weighted by atomic mass is 16.3. The molecule has 15 aromatic carbocycles. The van der Waals surface area contributed by atoms with Gasteiger partial charge in [0.05, 0.1) is 22.7 Å². The van der Waals surface area contributed by atoms with Crippen molar-refractivity contribution in [3.05, 3.63) is 291 Å². The molecule has 0 unspecified atom stereocenters. The first-order chi connectivity index (χ1) is 40.7. The number of anilines is 6. The maximum absolute atomic E-state index is 6.92. The van der Waals surface area contributed by atoms with Crippen LogP contribution >= 0.6 is 0 Å². The van der Waals surface area contributed by atoms with Gasteiger partial charge in [0, 0.05) is 43.7 Å². The molecule has 0 aliphatic carbocycles. The van der Waals surface area contributed by atoms with Crippen LogP contribution < -0.4 is 9.80 Å². The molecule has 17 rings (SSSR count). The van der Waals surface area contributed by atoms with Crippen LogP contribution in [0.3, 0.4) is 0 Å². The van der Waals surface area contributed by atoms with Gasteiger partial charge in [-0.05, 0) is 149 Å². The van der Waals surface area contributed by atoms with Crippen LogP contribution in [0.15, 0.2) is 300 Å². The van der Waals surface area contributed by atoms with Crippen LogP contribution in [0.5, 0.6) is 0 Å². The third-order valence-electron chi connectivity index (χ3n) is 16.9. The number of furan rings is 2. The Labute approximate surface area is 472 Å². The molecule has 2 heterocycles. The van der Waals surface area contributed by atoms with Crippen molar-refractivity contribution in [1.29, 1.82) is 0 Å². The minimum absolute atomic E-state index is 0.837. The van der Waals surface area contributed by atoms with Gasteiger partial charge >= 0.3 is 0 Å². The average molecular weight is 1050 g/mol. The van der Waals surface area contributed by atoms with E-state index in [4.69, 9.17) is 8.83 Å². The first-order valence-corrected chi connectivity index (χ1v) is 28.1. The number of nitrogens with zero attached hydrogens (tertiary/aromatic N) is 2. The van der Waals surface area contributed by atoms with E-state index in [0.29, 0.717) is 0 Å². The van der Waals surface area contributed by atoms with Crippen LogP contribution in [0.1, 0.15) is 0 Å². The maximum atomic E-state index is 6.92. The Balaban J connectivity index is 1.00. The van der Waals surface area contributed by atoms with Crippen LogP contribution in [0, 0.1) is 0 Å². The van der Waals surface area contributed by atoms with E-state index < -0.39 is 0 Å². The molecule has 2 aromatic heterocycles.